The van der Waals surface area contributed by atoms with Crippen LogP contribution >= 0.6 is 12.2 Å². The van der Waals surface area contributed by atoms with E-state index in [1.54, 1.807) is 0 Å². The average Bonchev–Trinajstić information content (AvgIpc) is 3.07. The zero-order valence-corrected chi connectivity index (χ0v) is 14.6. The Labute approximate surface area is 147 Å². The van der Waals surface area contributed by atoms with Gasteiger partial charge in [-0.2, -0.15) is 0 Å². The van der Waals surface area contributed by atoms with E-state index in [-0.39, 0.29) is 18.7 Å². The number of thiocarbonyl (C=S) groups is 1. The summed E-state index contributed by atoms with van der Waals surface area (Å²) in [6.07, 6.45) is 1.80. The van der Waals surface area contributed by atoms with E-state index in [9.17, 15) is 4.79 Å². The zero-order chi connectivity index (χ0) is 16.9. The van der Waals surface area contributed by atoms with Crippen molar-refractivity contribution in [1.82, 2.24) is 10.2 Å². The zero-order valence-electron chi connectivity index (χ0n) is 13.7. The van der Waals surface area contributed by atoms with Gasteiger partial charge < -0.3 is 24.4 Å². The van der Waals surface area contributed by atoms with Crippen molar-refractivity contribution in [2.45, 2.75) is 26.3 Å². The molecule has 0 saturated carbocycles. The van der Waals surface area contributed by atoms with Crippen LogP contribution in [0.5, 0.6) is 11.5 Å². The Hall–Kier alpha value is -2.02. The van der Waals surface area contributed by atoms with E-state index >= 15 is 0 Å². The molecule has 1 fully saturated rings. The van der Waals surface area contributed by atoms with E-state index in [2.05, 4.69) is 5.32 Å². The SMILES string of the molecule is CCOC(=O)C1CCCN(C(=S)NCc2ccc3c(c2)OCO3)C1. The van der Waals surface area contributed by atoms with Crippen LogP contribution < -0.4 is 14.8 Å². The predicted molar refractivity (Wildman–Crippen MR) is 92.9 cm³/mol. The fourth-order valence-electron chi connectivity index (χ4n) is 2.95. The highest BCUT2D eigenvalue weighted by Gasteiger charge is 2.28. The molecule has 0 bridgehead atoms. The molecule has 0 aliphatic carbocycles. The van der Waals surface area contributed by atoms with Crippen LogP contribution in [0.4, 0.5) is 0 Å². The molecule has 24 heavy (non-hydrogen) atoms. The van der Waals surface area contributed by atoms with Crippen LogP contribution in [0.3, 0.4) is 0 Å². The number of hydrogen-bond donors (Lipinski definition) is 1. The first kappa shape index (κ1) is 16.8. The molecule has 0 radical (unpaired) electrons. The minimum Gasteiger partial charge on any atom is -0.466 e. The topological polar surface area (TPSA) is 60.0 Å². The number of fused-ring (bicyclic) bond motifs is 1. The summed E-state index contributed by atoms with van der Waals surface area (Å²) in [5, 5.41) is 3.93. The van der Waals surface area contributed by atoms with Crippen molar-refractivity contribution >= 4 is 23.3 Å². The van der Waals surface area contributed by atoms with Crippen LogP contribution in [0.1, 0.15) is 25.3 Å². The van der Waals surface area contributed by atoms with E-state index in [0.717, 1.165) is 36.4 Å². The number of carbonyl (C=O) groups is 1. The molecule has 2 aliphatic heterocycles. The predicted octanol–water partition coefficient (Wildman–Crippen LogP) is 2.06. The van der Waals surface area contributed by atoms with Gasteiger partial charge >= 0.3 is 5.97 Å². The highest BCUT2D eigenvalue weighted by atomic mass is 32.1. The molecule has 1 aromatic carbocycles. The van der Waals surface area contributed by atoms with Crippen LogP contribution in [-0.4, -0.2) is 42.5 Å². The summed E-state index contributed by atoms with van der Waals surface area (Å²) in [4.78, 5) is 14.0. The Balaban J connectivity index is 1.52. The average molecular weight is 350 g/mol. The summed E-state index contributed by atoms with van der Waals surface area (Å²) in [6.45, 7) is 4.61. The molecule has 2 aliphatic rings. The van der Waals surface area contributed by atoms with Crippen LogP contribution in [0.15, 0.2) is 18.2 Å². The molecule has 3 rings (SSSR count). The maximum Gasteiger partial charge on any atom is 0.310 e. The van der Waals surface area contributed by atoms with E-state index in [4.69, 9.17) is 26.4 Å². The lowest BCUT2D eigenvalue weighted by molar-refractivity contribution is -0.149. The molecule has 1 saturated heterocycles. The lowest BCUT2D eigenvalue weighted by Gasteiger charge is -2.33. The number of piperidine rings is 1. The largest absolute Gasteiger partial charge is 0.466 e. The Morgan fingerprint density at radius 2 is 2.25 bits per heavy atom. The lowest BCUT2D eigenvalue weighted by Crippen LogP contribution is -2.47. The van der Waals surface area contributed by atoms with Gasteiger partial charge in [-0.3, -0.25) is 4.79 Å². The van der Waals surface area contributed by atoms with Gasteiger partial charge in [0.1, 0.15) is 0 Å². The molecule has 1 atom stereocenters. The van der Waals surface area contributed by atoms with Gasteiger partial charge in [0, 0.05) is 19.6 Å². The van der Waals surface area contributed by atoms with E-state index in [0.29, 0.717) is 24.8 Å². The van der Waals surface area contributed by atoms with Crippen molar-refractivity contribution in [2.75, 3.05) is 26.5 Å². The first-order valence-electron chi connectivity index (χ1n) is 8.25. The highest BCUT2D eigenvalue weighted by molar-refractivity contribution is 7.80. The molecule has 0 aromatic heterocycles. The van der Waals surface area contributed by atoms with Gasteiger partial charge in [-0.25, -0.2) is 0 Å². The van der Waals surface area contributed by atoms with E-state index < -0.39 is 0 Å². The number of benzene rings is 1. The second-order valence-electron chi connectivity index (χ2n) is 5.88. The summed E-state index contributed by atoms with van der Waals surface area (Å²) in [6, 6.07) is 5.84. The molecular weight excluding hydrogens is 328 g/mol. The third kappa shape index (κ3) is 3.90. The molecule has 6 nitrogen and oxygen atoms in total. The Morgan fingerprint density at radius 3 is 3.08 bits per heavy atom. The Morgan fingerprint density at radius 1 is 1.42 bits per heavy atom. The molecular formula is C17H22N2O4S. The van der Waals surface area contributed by atoms with Gasteiger partial charge in [0.15, 0.2) is 16.6 Å². The summed E-state index contributed by atoms with van der Waals surface area (Å²) >= 11 is 5.48. The monoisotopic (exact) mass is 350 g/mol. The number of esters is 1. The number of carbonyl (C=O) groups excluding carboxylic acids is 1. The third-order valence-electron chi connectivity index (χ3n) is 4.21. The number of hydrogen-bond acceptors (Lipinski definition) is 5. The maximum absolute atomic E-state index is 11.9. The molecule has 1 unspecified atom stereocenters. The van der Waals surface area contributed by atoms with E-state index in [1.165, 1.54) is 0 Å². The normalized spacial score (nSPS) is 19.0. The Kier molecular flexibility index (Phi) is 5.40. The summed E-state index contributed by atoms with van der Waals surface area (Å²) < 4.78 is 15.8. The molecule has 130 valence electrons. The lowest BCUT2D eigenvalue weighted by atomic mass is 9.98. The van der Waals surface area contributed by atoms with Gasteiger partial charge in [0.2, 0.25) is 6.79 Å². The summed E-state index contributed by atoms with van der Waals surface area (Å²) in [7, 11) is 0. The van der Waals surface area contributed by atoms with E-state index in [1.807, 2.05) is 30.0 Å². The molecule has 0 amide bonds. The van der Waals surface area contributed by atoms with Crippen LogP contribution in [0, 0.1) is 5.92 Å². The number of nitrogens with zero attached hydrogens (tertiary/aromatic N) is 1. The van der Waals surface area contributed by atoms with Gasteiger partial charge in [0.05, 0.1) is 12.5 Å². The molecule has 2 heterocycles. The van der Waals surface area contributed by atoms with Gasteiger partial charge in [0.25, 0.3) is 0 Å². The fourth-order valence-corrected chi connectivity index (χ4v) is 3.19. The first-order chi connectivity index (χ1) is 11.7. The van der Waals surface area contributed by atoms with Crippen LogP contribution in [0.25, 0.3) is 0 Å². The van der Waals surface area contributed by atoms with Crippen LogP contribution in [0.2, 0.25) is 0 Å². The summed E-state index contributed by atoms with van der Waals surface area (Å²) in [5.74, 6) is 1.32. The number of rotatable bonds is 4. The molecule has 1 aromatic rings. The second kappa shape index (κ2) is 7.70. The third-order valence-corrected chi connectivity index (χ3v) is 4.61. The maximum atomic E-state index is 11.9. The van der Waals surface area contributed by atoms with Gasteiger partial charge in [-0.15, -0.1) is 0 Å². The van der Waals surface area contributed by atoms with Gasteiger partial charge in [-0.05, 0) is 49.7 Å². The van der Waals surface area contributed by atoms with Crippen molar-refractivity contribution in [3.8, 4) is 11.5 Å². The highest BCUT2D eigenvalue weighted by Crippen LogP contribution is 2.32. The minimum absolute atomic E-state index is 0.0935. The Bertz CT molecular complexity index is 623. The standard InChI is InChI=1S/C17H22N2O4S/c1-2-21-16(20)13-4-3-7-19(10-13)17(24)18-9-12-5-6-14-15(8-12)23-11-22-14/h5-6,8,13H,2-4,7,9-11H2,1H3,(H,18,24). The molecule has 0 spiro atoms. The number of ether oxygens (including phenoxy) is 3. The molecule has 1 N–H and O–H groups in total. The second-order valence-corrected chi connectivity index (χ2v) is 6.27. The quantitative estimate of drug-likeness (QED) is 0.659. The van der Waals surface area contributed by atoms with Crippen LogP contribution in [-0.2, 0) is 16.1 Å². The minimum atomic E-state index is -0.124. The van der Waals surface area contributed by atoms with Crippen molar-refractivity contribution in [3.63, 3.8) is 0 Å². The van der Waals surface area contributed by atoms with Crippen molar-refractivity contribution < 1.29 is 19.0 Å². The van der Waals surface area contributed by atoms with Gasteiger partial charge in [-0.1, -0.05) is 6.07 Å². The van der Waals surface area contributed by atoms with Crippen molar-refractivity contribution in [2.24, 2.45) is 5.92 Å². The molecule has 7 heteroatoms. The van der Waals surface area contributed by atoms with Crippen molar-refractivity contribution in [1.29, 1.82) is 0 Å². The number of nitrogens with one attached hydrogen (secondary N) is 1. The first-order valence-corrected chi connectivity index (χ1v) is 8.66. The summed E-state index contributed by atoms with van der Waals surface area (Å²) in [5.41, 5.74) is 1.07. The number of likely N-dealkylation sites (tertiary alicyclic amines) is 1. The van der Waals surface area contributed by atoms with Crippen molar-refractivity contribution in [3.05, 3.63) is 23.8 Å². The fraction of sp³-hybridized carbons (Fsp3) is 0.529. The smallest absolute Gasteiger partial charge is 0.310 e.